The van der Waals surface area contributed by atoms with E-state index < -0.39 is 0 Å². The zero-order valence-corrected chi connectivity index (χ0v) is 17.4. The minimum Gasteiger partial charge on any atom is -0.361 e. The number of nitrogens with zero attached hydrogens (tertiary/aromatic N) is 4. The maximum absolute atomic E-state index is 4.92. The number of pyridine rings is 1. The Morgan fingerprint density at radius 1 is 1.17 bits per heavy atom. The highest BCUT2D eigenvalue weighted by molar-refractivity contribution is 5.84. The van der Waals surface area contributed by atoms with Crippen LogP contribution < -0.4 is 10.2 Å². The van der Waals surface area contributed by atoms with Crippen molar-refractivity contribution in [1.29, 1.82) is 0 Å². The van der Waals surface area contributed by atoms with Crippen molar-refractivity contribution in [3.63, 3.8) is 0 Å². The van der Waals surface area contributed by atoms with Crippen LogP contribution in [0.4, 0.5) is 5.82 Å². The molecule has 0 saturated carbocycles. The summed E-state index contributed by atoms with van der Waals surface area (Å²) in [7, 11) is 0. The summed E-state index contributed by atoms with van der Waals surface area (Å²) in [6.45, 7) is 9.74. The molecule has 0 spiro atoms. The Hall–Kier alpha value is -3.02. The number of hydrogen-bond donors (Lipinski definition) is 2. The molecule has 1 aromatic carbocycles. The van der Waals surface area contributed by atoms with Crippen molar-refractivity contribution in [1.82, 2.24) is 20.2 Å². The third kappa shape index (κ3) is 4.53. The number of guanidine groups is 1. The number of anilines is 1. The van der Waals surface area contributed by atoms with Gasteiger partial charge in [0.25, 0.3) is 0 Å². The lowest BCUT2D eigenvalue weighted by Gasteiger charge is -2.37. The summed E-state index contributed by atoms with van der Waals surface area (Å²) >= 11 is 0. The molecule has 0 amide bonds. The average Bonchev–Trinajstić information content (AvgIpc) is 3.16. The predicted octanol–water partition coefficient (Wildman–Crippen LogP) is 3.20. The summed E-state index contributed by atoms with van der Waals surface area (Å²) < 4.78 is 0. The second-order valence-electron chi connectivity index (χ2n) is 7.51. The first-order chi connectivity index (χ1) is 14.2. The van der Waals surface area contributed by atoms with Crippen LogP contribution in [0.25, 0.3) is 10.9 Å². The van der Waals surface area contributed by atoms with Crippen molar-refractivity contribution < 1.29 is 0 Å². The van der Waals surface area contributed by atoms with Crippen LogP contribution in [0.3, 0.4) is 0 Å². The zero-order valence-electron chi connectivity index (χ0n) is 17.4. The molecule has 152 valence electrons. The van der Waals surface area contributed by atoms with Gasteiger partial charge in [-0.1, -0.05) is 18.2 Å². The number of aromatic amines is 1. The first-order valence-corrected chi connectivity index (χ1v) is 10.5. The summed E-state index contributed by atoms with van der Waals surface area (Å²) in [5, 5.41) is 4.77. The molecule has 29 heavy (non-hydrogen) atoms. The van der Waals surface area contributed by atoms with E-state index in [1.807, 2.05) is 18.3 Å². The molecular weight excluding hydrogens is 360 g/mol. The molecule has 6 nitrogen and oxygen atoms in total. The van der Waals surface area contributed by atoms with Gasteiger partial charge in [0.05, 0.1) is 0 Å². The zero-order chi connectivity index (χ0) is 20.1. The van der Waals surface area contributed by atoms with E-state index in [-0.39, 0.29) is 0 Å². The summed E-state index contributed by atoms with van der Waals surface area (Å²) in [5.41, 5.74) is 3.82. The standard InChI is InChI=1S/C23H30N6/c1-3-24-23(29-14-12-28(13-15-29)22-6-4-5-10-25-22)26-11-9-19-17-27-21-16-18(2)7-8-20(19)21/h4-8,10,16-17,27H,3,9,11-15H2,1-2H3,(H,24,26). The van der Waals surface area contributed by atoms with Gasteiger partial charge in [-0.05, 0) is 49.6 Å². The molecule has 1 aliphatic rings. The third-order valence-corrected chi connectivity index (χ3v) is 5.45. The molecule has 3 heterocycles. The normalized spacial score (nSPS) is 15.2. The Kier molecular flexibility index (Phi) is 5.98. The highest BCUT2D eigenvalue weighted by Crippen LogP contribution is 2.20. The molecule has 1 saturated heterocycles. The molecule has 3 aromatic rings. The Morgan fingerprint density at radius 2 is 2.03 bits per heavy atom. The van der Waals surface area contributed by atoms with Crippen LogP contribution in [0.15, 0.2) is 53.8 Å². The lowest BCUT2D eigenvalue weighted by atomic mass is 10.1. The van der Waals surface area contributed by atoms with Crippen molar-refractivity contribution in [2.45, 2.75) is 20.3 Å². The van der Waals surface area contributed by atoms with Crippen molar-refractivity contribution >= 4 is 22.7 Å². The van der Waals surface area contributed by atoms with Gasteiger partial charge in [-0.15, -0.1) is 0 Å². The maximum Gasteiger partial charge on any atom is 0.194 e. The van der Waals surface area contributed by atoms with E-state index in [4.69, 9.17) is 4.99 Å². The van der Waals surface area contributed by atoms with E-state index in [0.717, 1.165) is 57.5 Å². The van der Waals surface area contributed by atoms with Crippen LogP contribution >= 0.6 is 0 Å². The fourth-order valence-corrected chi connectivity index (χ4v) is 3.90. The smallest absolute Gasteiger partial charge is 0.194 e. The Bertz CT molecular complexity index is 954. The highest BCUT2D eigenvalue weighted by atomic mass is 15.4. The molecule has 0 atom stereocenters. The molecule has 0 aliphatic carbocycles. The van der Waals surface area contributed by atoms with Crippen LogP contribution in [-0.2, 0) is 6.42 Å². The minimum atomic E-state index is 0.781. The molecule has 1 fully saturated rings. The van der Waals surface area contributed by atoms with Crippen molar-refractivity contribution in [3.05, 3.63) is 59.9 Å². The van der Waals surface area contributed by atoms with E-state index >= 15 is 0 Å². The van der Waals surface area contributed by atoms with E-state index in [0.29, 0.717) is 0 Å². The summed E-state index contributed by atoms with van der Waals surface area (Å²) in [6.07, 6.45) is 4.92. The molecule has 2 aromatic heterocycles. The quantitative estimate of drug-likeness (QED) is 0.519. The largest absolute Gasteiger partial charge is 0.361 e. The van der Waals surface area contributed by atoms with Crippen LogP contribution in [0.2, 0.25) is 0 Å². The summed E-state index contributed by atoms with van der Waals surface area (Å²) in [4.78, 5) is 17.5. The van der Waals surface area contributed by atoms with Crippen LogP contribution in [0.5, 0.6) is 0 Å². The number of nitrogens with one attached hydrogen (secondary N) is 2. The molecule has 0 bridgehead atoms. The number of piperazine rings is 1. The summed E-state index contributed by atoms with van der Waals surface area (Å²) in [5.74, 6) is 2.08. The molecule has 2 N–H and O–H groups in total. The lowest BCUT2D eigenvalue weighted by molar-refractivity contribution is 0.371. The topological polar surface area (TPSA) is 59.6 Å². The number of H-pyrrole nitrogens is 1. The first-order valence-electron chi connectivity index (χ1n) is 10.5. The summed E-state index contributed by atoms with van der Waals surface area (Å²) in [6, 6.07) is 12.7. The molecule has 0 unspecified atom stereocenters. The van der Waals surface area contributed by atoms with E-state index in [9.17, 15) is 0 Å². The second-order valence-corrected chi connectivity index (χ2v) is 7.51. The van der Waals surface area contributed by atoms with Gasteiger partial charge in [0.2, 0.25) is 0 Å². The number of rotatable bonds is 5. The van der Waals surface area contributed by atoms with E-state index in [1.165, 1.54) is 22.0 Å². The molecular formula is C23H30N6. The number of benzene rings is 1. The second kappa shape index (κ2) is 8.99. The lowest BCUT2D eigenvalue weighted by Crippen LogP contribution is -2.52. The van der Waals surface area contributed by atoms with E-state index in [2.05, 4.69) is 69.4 Å². The van der Waals surface area contributed by atoms with Crippen LogP contribution in [0, 0.1) is 6.92 Å². The van der Waals surface area contributed by atoms with Gasteiger partial charge < -0.3 is 20.1 Å². The SMILES string of the molecule is CCNC(=NCCc1c[nH]c2cc(C)ccc12)N1CCN(c2ccccn2)CC1. The van der Waals surface area contributed by atoms with Gasteiger partial charge in [0, 0.05) is 62.6 Å². The van der Waals surface area contributed by atoms with Gasteiger partial charge in [0.1, 0.15) is 5.82 Å². The van der Waals surface area contributed by atoms with Crippen LogP contribution in [-0.4, -0.2) is 60.1 Å². The minimum absolute atomic E-state index is 0.781. The van der Waals surface area contributed by atoms with E-state index in [1.54, 1.807) is 0 Å². The number of hydrogen-bond acceptors (Lipinski definition) is 3. The Morgan fingerprint density at radius 3 is 2.79 bits per heavy atom. The fraction of sp³-hybridized carbons (Fsp3) is 0.391. The van der Waals surface area contributed by atoms with Crippen molar-refractivity contribution in [2.24, 2.45) is 4.99 Å². The molecule has 0 radical (unpaired) electrons. The van der Waals surface area contributed by atoms with Gasteiger partial charge in [-0.25, -0.2) is 4.98 Å². The predicted molar refractivity (Wildman–Crippen MR) is 121 cm³/mol. The third-order valence-electron chi connectivity index (χ3n) is 5.45. The fourth-order valence-electron chi connectivity index (χ4n) is 3.90. The average molecular weight is 391 g/mol. The molecule has 1 aliphatic heterocycles. The Labute approximate surface area is 172 Å². The van der Waals surface area contributed by atoms with Crippen LogP contribution in [0.1, 0.15) is 18.1 Å². The number of aromatic nitrogens is 2. The number of fused-ring (bicyclic) bond motifs is 1. The first kappa shape index (κ1) is 19.3. The number of aliphatic imine (C=N–C) groups is 1. The molecule has 4 rings (SSSR count). The van der Waals surface area contributed by atoms with Gasteiger partial charge >= 0.3 is 0 Å². The maximum atomic E-state index is 4.92. The van der Waals surface area contributed by atoms with Crippen molar-refractivity contribution in [3.8, 4) is 0 Å². The number of aryl methyl sites for hydroxylation is 1. The molecule has 6 heteroatoms. The Balaban J connectivity index is 1.38. The van der Waals surface area contributed by atoms with Gasteiger partial charge in [0.15, 0.2) is 5.96 Å². The van der Waals surface area contributed by atoms with Crippen molar-refractivity contribution in [2.75, 3.05) is 44.2 Å². The van der Waals surface area contributed by atoms with Gasteiger partial charge in [-0.2, -0.15) is 0 Å². The van der Waals surface area contributed by atoms with Gasteiger partial charge in [-0.3, -0.25) is 4.99 Å². The monoisotopic (exact) mass is 390 g/mol. The highest BCUT2D eigenvalue weighted by Gasteiger charge is 2.20.